The summed E-state index contributed by atoms with van der Waals surface area (Å²) in [6.07, 6.45) is 3.62. The Balaban J connectivity index is 1.69. The van der Waals surface area contributed by atoms with Gasteiger partial charge in [-0.05, 0) is 31.9 Å². The lowest BCUT2D eigenvalue weighted by atomic mass is 9.92. The van der Waals surface area contributed by atoms with Gasteiger partial charge in [-0.2, -0.15) is 5.10 Å². The number of amides is 1. The van der Waals surface area contributed by atoms with E-state index in [2.05, 4.69) is 15.4 Å². The first-order valence-corrected chi connectivity index (χ1v) is 8.13. The van der Waals surface area contributed by atoms with E-state index in [-0.39, 0.29) is 23.5 Å². The number of rotatable bonds is 4. The predicted molar refractivity (Wildman–Crippen MR) is 88.8 cm³/mol. The molecule has 1 amide bonds. The van der Waals surface area contributed by atoms with Crippen LogP contribution in [0.4, 0.5) is 0 Å². The van der Waals surface area contributed by atoms with Crippen LogP contribution in [-0.4, -0.2) is 33.8 Å². The molecule has 0 aliphatic carbocycles. The Morgan fingerprint density at radius 2 is 2.33 bits per heavy atom. The number of pyridine rings is 1. The molecule has 1 aliphatic heterocycles. The smallest absolute Gasteiger partial charge is 0.251 e. The molecule has 2 N–H and O–H groups in total. The highest BCUT2D eigenvalue weighted by molar-refractivity contribution is 5.94. The lowest BCUT2D eigenvalue weighted by molar-refractivity contribution is -0.0317. The number of aromatic nitrogens is 3. The van der Waals surface area contributed by atoms with Crippen molar-refractivity contribution < 1.29 is 9.53 Å². The van der Waals surface area contributed by atoms with Crippen LogP contribution < -0.4 is 10.9 Å². The maximum atomic E-state index is 12.3. The van der Waals surface area contributed by atoms with E-state index in [1.165, 1.54) is 6.07 Å². The SMILES string of the molecule is Cc1cc(C(=O)NC[C@@H]2CCCO[C@H]2c2ccnn2C)cc(=O)[nH]1. The summed E-state index contributed by atoms with van der Waals surface area (Å²) in [6.45, 7) is 2.97. The van der Waals surface area contributed by atoms with Crippen LogP contribution in [0, 0.1) is 12.8 Å². The molecule has 2 aromatic heterocycles. The number of H-pyrrole nitrogens is 1. The van der Waals surface area contributed by atoms with E-state index < -0.39 is 0 Å². The van der Waals surface area contributed by atoms with Crippen molar-refractivity contribution in [3.63, 3.8) is 0 Å². The molecule has 0 spiro atoms. The zero-order valence-electron chi connectivity index (χ0n) is 13.9. The van der Waals surface area contributed by atoms with Crippen molar-refractivity contribution in [1.29, 1.82) is 0 Å². The highest BCUT2D eigenvalue weighted by Crippen LogP contribution is 2.32. The molecule has 0 aromatic carbocycles. The minimum Gasteiger partial charge on any atom is -0.372 e. The maximum Gasteiger partial charge on any atom is 0.251 e. The average molecular weight is 330 g/mol. The lowest BCUT2D eigenvalue weighted by Gasteiger charge is -2.32. The number of aryl methyl sites for hydroxylation is 2. The number of carbonyl (C=O) groups is 1. The summed E-state index contributed by atoms with van der Waals surface area (Å²) in [5, 5.41) is 7.13. The minimum absolute atomic E-state index is 0.0764. The highest BCUT2D eigenvalue weighted by Gasteiger charge is 2.29. The van der Waals surface area contributed by atoms with Gasteiger partial charge in [-0.15, -0.1) is 0 Å². The van der Waals surface area contributed by atoms with Gasteiger partial charge in [0.1, 0.15) is 6.10 Å². The molecule has 7 heteroatoms. The topological polar surface area (TPSA) is 89.0 Å². The first-order chi connectivity index (χ1) is 11.5. The molecule has 0 radical (unpaired) electrons. The Kier molecular flexibility index (Phi) is 4.80. The number of nitrogens with zero attached hydrogens (tertiary/aromatic N) is 2. The molecule has 128 valence electrons. The fraction of sp³-hybridized carbons (Fsp3) is 0.471. The molecule has 3 heterocycles. The third-order valence-corrected chi connectivity index (χ3v) is 4.36. The monoisotopic (exact) mass is 330 g/mol. The first kappa shape index (κ1) is 16.4. The number of hydrogen-bond donors (Lipinski definition) is 2. The van der Waals surface area contributed by atoms with E-state index in [1.807, 2.05) is 17.8 Å². The number of ether oxygens (including phenoxy) is 1. The van der Waals surface area contributed by atoms with E-state index in [4.69, 9.17) is 4.74 Å². The normalized spacial score (nSPS) is 20.8. The summed E-state index contributed by atoms with van der Waals surface area (Å²) >= 11 is 0. The second kappa shape index (κ2) is 7.00. The van der Waals surface area contributed by atoms with Crippen molar-refractivity contribution in [1.82, 2.24) is 20.1 Å². The fourth-order valence-corrected chi connectivity index (χ4v) is 3.18. The quantitative estimate of drug-likeness (QED) is 0.885. The molecular formula is C17H22N4O3. The molecule has 1 aliphatic rings. The van der Waals surface area contributed by atoms with Crippen molar-refractivity contribution in [3.05, 3.63) is 51.7 Å². The Morgan fingerprint density at radius 3 is 3.04 bits per heavy atom. The largest absolute Gasteiger partial charge is 0.372 e. The number of aromatic amines is 1. The van der Waals surface area contributed by atoms with Gasteiger partial charge in [0.05, 0.1) is 5.69 Å². The van der Waals surface area contributed by atoms with Gasteiger partial charge in [-0.1, -0.05) is 0 Å². The third kappa shape index (κ3) is 3.56. The summed E-state index contributed by atoms with van der Waals surface area (Å²) in [4.78, 5) is 26.5. The van der Waals surface area contributed by atoms with Crippen LogP contribution in [0.3, 0.4) is 0 Å². The van der Waals surface area contributed by atoms with Crippen LogP contribution in [0.1, 0.15) is 40.7 Å². The lowest BCUT2D eigenvalue weighted by Crippen LogP contribution is -2.36. The highest BCUT2D eigenvalue weighted by atomic mass is 16.5. The van der Waals surface area contributed by atoms with Gasteiger partial charge in [0.2, 0.25) is 5.56 Å². The van der Waals surface area contributed by atoms with Crippen molar-refractivity contribution >= 4 is 5.91 Å². The van der Waals surface area contributed by atoms with E-state index in [9.17, 15) is 9.59 Å². The molecule has 2 aromatic rings. The van der Waals surface area contributed by atoms with E-state index in [0.717, 1.165) is 18.5 Å². The van der Waals surface area contributed by atoms with Gasteiger partial charge in [0.15, 0.2) is 0 Å². The molecule has 0 saturated carbocycles. The van der Waals surface area contributed by atoms with E-state index in [0.29, 0.717) is 24.4 Å². The fourth-order valence-electron chi connectivity index (χ4n) is 3.18. The zero-order chi connectivity index (χ0) is 17.1. The van der Waals surface area contributed by atoms with Gasteiger partial charge < -0.3 is 15.0 Å². The molecule has 2 atom stereocenters. The standard InChI is InChI=1S/C17H22N4O3/c1-11-8-13(9-15(22)20-11)17(23)18-10-12-4-3-7-24-16(12)14-5-6-19-21(14)2/h5-6,8-9,12,16H,3-4,7,10H2,1-2H3,(H,18,23)(H,20,22)/t12-,16+/m0/s1. The van der Waals surface area contributed by atoms with Crippen LogP contribution in [-0.2, 0) is 11.8 Å². The Morgan fingerprint density at radius 1 is 1.50 bits per heavy atom. The zero-order valence-corrected chi connectivity index (χ0v) is 13.9. The predicted octanol–water partition coefficient (Wildman–Crippen LogP) is 1.31. The molecule has 3 rings (SSSR count). The second-order valence-corrected chi connectivity index (χ2v) is 6.20. The Labute approximate surface area is 140 Å². The molecule has 0 bridgehead atoms. The van der Waals surface area contributed by atoms with Crippen LogP contribution in [0.5, 0.6) is 0 Å². The van der Waals surface area contributed by atoms with Gasteiger partial charge >= 0.3 is 0 Å². The molecule has 1 saturated heterocycles. The first-order valence-electron chi connectivity index (χ1n) is 8.13. The molecule has 7 nitrogen and oxygen atoms in total. The molecule has 24 heavy (non-hydrogen) atoms. The average Bonchev–Trinajstić information content (AvgIpc) is 2.98. The number of hydrogen-bond acceptors (Lipinski definition) is 4. The van der Waals surface area contributed by atoms with Gasteiger partial charge in [-0.25, -0.2) is 0 Å². The molecule has 0 unspecified atom stereocenters. The molecular weight excluding hydrogens is 308 g/mol. The van der Waals surface area contributed by atoms with E-state index in [1.54, 1.807) is 19.2 Å². The van der Waals surface area contributed by atoms with Crippen molar-refractivity contribution in [2.75, 3.05) is 13.2 Å². The number of nitrogens with one attached hydrogen (secondary N) is 2. The summed E-state index contributed by atoms with van der Waals surface area (Å²) in [5.74, 6) is -0.0558. The third-order valence-electron chi connectivity index (χ3n) is 4.36. The van der Waals surface area contributed by atoms with Gasteiger partial charge in [0, 0.05) is 49.6 Å². The summed E-state index contributed by atoms with van der Waals surface area (Å²) in [5.41, 5.74) is 1.79. The second-order valence-electron chi connectivity index (χ2n) is 6.20. The number of carbonyl (C=O) groups excluding carboxylic acids is 1. The Bertz CT molecular complexity index is 780. The van der Waals surface area contributed by atoms with Crippen molar-refractivity contribution in [3.8, 4) is 0 Å². The maximum absolute atomic E-state index is 12.3. The summed E-state index contributed by atoms with van der Waals surface area (Å²) < 4.78 is 7.74. The minimum atomic E-state index is -0.270. The van der Waals surface area contributed by atoms with E-state index >= 15 is 0 Å². The van der Waals surface area contributed by atoms with Gasteiger partial charge in [0.25, 0.3) is 5.91 Å². The van der Waals surface area contributed by atoms with Gasteiger partial charge in [-0.3, -0.25) is 14.3 Å². The van der Waals surface area contributed by atoms with Crippen LogP contribution in [0.15, 0.2) is 29.2 Å². The summed E-state index contributed by atoms with van der Waals surface area (Å²) in [6, 6.07) is 4.94. The van der Waals surface area contributed by atoms with Crippen molar-refractivity contribution in [2.45, 2.75) is 25.9 Å². The van der Waals surface area contributed by atoms with Crippen molar-refractivity contribution in [2.24, 2.45) is 13.0 Å². The Hall–Kier alpha value is -2.41. The van der Waals surface area contributed by atoms with Crippen LogP contribution in [0.25, 0.3) is 0 Å². The molecule has 1 fully saturated rings. The van der Waals surface area contributed by atoms with Crippen LogP contribution in [0.2, 0.25) is 0 Å². The van der Waals surface area contributed by atoms with Crippen LogP contribution >= 0.6 is 0 Å². The summed E-state index contributed by atoms with van der Waals surface area (Å²) in [7, 11) is 1.89.